The first kappa shape index (κ1) is 25.5. The fourth-order valence-corrected chi connectivity index (χ4v) is 5.59. The molecule has 1 amide bonds. The standard InChI is InChI=1S/C27H30ClN3O3S/c1-4-35(33,34)24-11-7-19(8-12-24)13-25(32)30-23-14-21-17-31(16-20-5-9-22(28)10-6-20)27(18(2)3)26(21)29-15-23/h5-12,14-15,18,27H,4,13,16-17H2,1-3H3,(H-,30,32,33,34)/p+1/t27-/m0/s1. The molecule has 4 rings (SSSR count). The zero-order chi connectivity index (χ0) is 25.2. The maximum atomic E-state index is 12.7. The Balaban J connectivity index is 1.44. The van der Waals surface area contributed by atoms with E-state index in [0.29, 0.717) is 16.5 Å². The van der Waals surface area contributed by atoms with E-state index in [1.807, 2.05) is 18.2 Å². The van der Waals surface area contributed by atoms with Crippen LogP contribution in [0.25, 0.3) is 0 Å². The smallest absolute Gasteiger partial charge is 0.247 e. The number of amides is 1. The van der Waals surface area contributed by atoms with Crippen LogP contribution in [0, 0.1) is 5.92 Å². The molecule has 1 aliphatic heterocycles. The number of carbonyl (C=O) groups excluding carboxylic acids is 1. The van der Waals surface area contributed by atoms with E-state index in [1.165, 1.54) is 5.56 Å². The fourth-order valence-electron chi connectivity index (χ4n) is 4.57. The van der Waals surface area contributed by atoms with Crippen LogP contribution in [0.1, 0.15) is 49.2 Å². The normalized spacial score (nSPS) is 17.3. The van der Waals surface area contributed by atoms with Crippen molar-refractivity contribution in [3.8, 4) is 0 Å². The van der Waals surface area contributed by atoms with E-state index in [2.05, 4.69) is 36.2 Å². The van der Waals surface area contributed by atoms with Gasteiger partial charge in [0.2, 0.25) is 16.1 Å². The molecule has 6 nitrogen and oxygen atoms in total. The SMILES string of the molecule is CC[S+](=O)(O)c1ccc(CC(=O)Nc2cnc3c(c2)CN(Cc2ccc(Cl)cc2)[C@H]3C(C)C)cc1. The summed E-state index contributed by atoms with van der Waals surface area (Å²) >= 11 is 6.04. The van der Waals surface area contributed by atoms with Crippen molar-refractivity contribution >= 4 is 33.4 Å². The van der Waals surface area contributed by atoms with Crippen LogP contribution in [-0.4, -0.2) is 26.1 Å². The Morgan fingerprint density at radius 3 is 2.46 bits per heavy atom. The van der Waals surface area contributed by atoms with Gasteiger partial charge in [-0.05, 0) is 59.9 Å². The summed E-state index contributed by atoms with van der Waals surface area (Å²) in [6, 6.07) is 16.8. The molecular formula is C27H31ClN3O3S+. The molecule has 0 bridgehead atoms. The molecule has 35 heavy (non-hydrogen) atoms. The molecule has 0 spiro atoms. The van der Waals surface area contributed by atoms with E-state index >= 15 is 0 Å². The van der Waals surface area contributed by atoms with Crippen LogP contribution in [-0.2, 0) is 38.7 Å². The monoisotopic (exact) mass is 512 g/mol. The summed E-state index contributed by atoms with van der Waals surface area (Å²) < 4.78 is 22.0. The average Bonchev–Trinajstić information content (AvgIpc) is 3.18. The van der Waals surface area contributed by atoms with E-state index in [1.54, 1.807) is 37.4 Å². The Kier molecular flexibility index (Phi) is 7.71. The minimum absolute atomic E-state index is 0.156. The van der Waals surface area contributed by atoms with Crippen LogP contribution < -0.4 is 5.32 Å². The van der Waals surface area contributed by atoms with Crippen LogP contribution in [0.2, 0.25) is 5.02 Å². The van der Waals surface area contributed by atoms with Gasteiger partial charge in [-0.25, -0.2) is 0 Å². The summed E-state index contributed by atoms with van der Waals surface area (Å²) in [7, 11) is -3.00. The highest BCUT2D eigenvalue weighted by molar-refractivity contribution is 7.97. The van der Waals surface area contributed by atoms with Crippen molar-refractivity contribution in [2.24, 2.45) is 5.92 Å². The van der Waals surface area contributed by atoms with Gasteiger partial charge in [0.1, 0.15) is 5.75 Å². The number of hydrogen-bond donors (Lipinski definition) is 2. The van der Waals surface area contributed by atoms with Gasteiger partial charge in [0.05, 0.1) is 30.0 Å². The second kappa shape index (κ2) is 10.6. The van der Waals surface area contributed by atoms with Crippen molar-refractivity contribution in [2.75, 3.05) is 11.1 Å². The van der Waals surface area contributed by atoms with Gasteiger partial charge >= 0.3 is 0 Å². The summed E-state index contributed by atoms with van der Waals surface area (Å²) in [5, 5.41) is 3.68. The van der Waals surface area contributed by atoms with Crippen molar-refractivity contribution in [3.05, 3.63) is 88.2 Å². The largest absolute Gasteiger partial charge is 0.324 e. The molecule has 8 heteroatoms. The maximum absolute atomic E-state index is 12.7. The Hall–Kier alpha value is -2.58. The molecule has 0 saturated carbocycles. The molecule has 1 aromatic heterocycles. The lowest BCUT2D eigenvalue weighted by molar-refractivity contribution is -0.115. The Morgan fingerprint density at radius 1 is 1.17 bits per heavy atom. The van der Waals surface area contributed by atoms with Gasteiger partial charge in [0.25, 0.3) is 0 Å². The number of nitrogens with zero attached hydrogens (tertiary/aromatic N) is 2. The number of nitrogens with one attached hydrogen (secondary N) is 1. The highest BCUT2D eigenvalue weighted by Gasteiger charge is 2.34. The highest BCUT2D eigenvalue weighted by atomic mass is 35.5. The Labute approximate surface area is 213 Å². The zero-order valence-electron chi connectivity index (χ0n) is 20.2. The molecule has 0 fully saturated rings. The third kappa shape index (κ3) is 5.98. The van der Waals surface area contributed by atoms with Crippen molar-refractivity contribution in [1.29, 1.82) is 0 Å². The van der Waals surface area contributed by atoms with Crippen molar-refractivity contribution in [2.45, 2.75) is 51.2 Å². The number of anilines is 1. The van der Waals surface area contributed by atoms with Gasteiger partial charge in [-0.15, -0.1) is 0 Å². The maximum Gasteiger partial charge on any atom is 0.247 e. The molecule has 0 radical (unpaired) electrons. The van der Waals surface area contributed by atoms with Gasteiger partial charge in [-0.3, -0.25) is 14.7 Å². The molecule has 2 heterocycles. The number of rotatable bonds is 8. The number of benzene rings is 2. The van der Waals surface area contributed by atoms with Gasteiger partial charge in [0, 0.05) is 18.1 Å². The predicted molar refractivity (Wildman–Crippen MR) is 141 cm³/mol. The lowest BCUT2D eigenvalue weighted by Crippen LogP contribution is -2.25. The van der Waals surface area contributed by atoms with E-state index in [9.17, 15) is 13.6 Å². The van der Waals surface area contributed by atoms with Crippen molar-refractivity contribution in [1.82, 2.24) is 9.88 Å². The molecular weight excluding hydrogens is 482 g/mol. The van der Waals surface area contributed by atoms with Crippen molar-refractivity contribution in [3.63, 3.8) is 0 Å². The topological polar surface area (TPSA) is 82.5 Å². The van der Waals surface area contributed by atoms with Gasteiger partial charge in [-0.1, -0.05) is 53.9 Å². The minimum Gasteiger partial charge on any atom is -0.324 e. The minimum atomic E-state index is -3.00. The second-order valence-electron chi connectivity index (χ2n) is 9.29. The number of halogens is 1. The molecule has 2 atom stereocenters. The highest BCUT2D eigenvalue weighted by Crippen LogP contribution is 2.39. The van der Waals surface area contributed by atoms with Crippen LogP contribution >= 0.6 is 11.6 Å². The summed E-state index contributed by atoms with van der Waals surface area (Å²) in [5.41, 5.74) is 4.83. The summed E-state index contributed by atoms with van der Waals surface area (Å²) in [4.78, 5) is 20.2. The molecule has 0 saturated heterocycles. The summed E-state index contributed by atoms with van der Waals surface area (Å²) in [5.74, 6) is 0.393. The van der Waals surface area contributed by atoms with Crippen LogP contribution in [0.4, 0.5) is 5.69 Å². The molecule has 2 aromatic carbocycles. The molecule has 1 aliphatic rings. The number of carbonyl (C=O) groups is 1. The second-order valence-corrected chi connectivity index (χ2v) is 12.1. The number of aromatic nitrogens is 1. The van der Waals surface area contributed by atoms with Crippen LogP contribution in [0.15, 0.2) is 65.7 Å². The first-order valence-electron chi connectivity index (χ1n) is 11.8. The van der Waals surface area contributed by atoms with E-state index in [0.717, 1.165) is 34.9 Å². The van der Waals surface area contributed by atoms with Gasteiger partial charge in [0.15, 0.2) is 4.90 Å². The van der Waals surface area contributed by atoms with E-state index in [-0.39, 0.29) is 24.1 Å². The Morgan fingerprint density at radius 2 is 1.83 bits per heavy atom. The summed E-state index contributed by atoms with van der Waals surface area (Å²) in [6.45, 7) is 7.64. The van der Waals surface area contributed by atoms with Crippen LogP contribution in [0.5, 0.6) is 0 Å². The summed E-state index contributed by atoms with van der Waals surface area (Å²) in [6.07, 6.45) is 1.90. The fraction of sp³-hybridized carbons (Fsp3) is 0.333. The van der Waals surface area contributed by atoms with Crippen LogP contribution in [0.3, 0.4) is 0 Å². The van der Waals surface area contributed by atoms with Crippen molar-refractivity contribution < 1.29 is 13.6 Å². The third-order valence-corrected chi connectivity index (χ3v) is 8.35. The lowest BCUT2D eigenvalue weighted by Gasteiger charge is -2.27. The van der Waals surface area contributed by atoms with Gasteiger partial charge in [-0.2, -0.15) is 4.55 Å². The van der Waals surface area contributed by atoms with E-state index in [4.69, 9.17) is 16.6 Å². The number of hydrogen-bond acceptors (Lipinski definition) is 4. The molecule has 184 valence electrons. The first-order chi connectivity index (χ1) is 16.7. The average molecular weight is 513 g/mol. The molecule has 2 N–H and O–H groups in total. The third-order valence-electron chi connectivity index (χ3n) is 6.31. The van der Waals surface area contributed by atoms with Gasteiger partial charge < -0.3 is 5.32 Å². The number of pyridine rings is 1. The Bertz CT molecular complexity index is 1250. The number of fused-ring (bicyclic) bond motifs is 1. The molecule has 1 unspecified atom stereocenters. The molecule has 3 aromatic rings. The predicted octanol–water partition coefficient (Wildman–Crippen LogP) is 5.98. The van der Waals surface area contributed by atoms with E-state index < -0.39 is 10.2 Å². The first-order valence-corrected chi connectivity index (χ1v) is 13.8. The molecule has 0 aliphatic carbocycles. The quantitative estimate of drug-likeness (QED) is 0.363. The zero-order valence-corrected chi connectivity index (χ0v) is 21.8. The lowest BCUT2D eigenvalue weighted by atomic mass is 9.99.